The Morgan fingerprint density at radius 3 is 2.38 bits per heavy atom. The largest absolute Gasteiger partial charge is 0.394 e. The Morgan fingerprint density at radius 1 is 1.25 bits per heavy atom. The lowest BCUT2D eigenvalue weighted by molar-refractivity contribution is 0.306. The molecule has 16 heavy (non-hydrogen) atoms. The van der Waals surface area contributed by atoms with E-state index in [1.165, 1.54) is 4.31 Å². The van der Waals surface area contributed by atoms with Crippen molar-refractivity contribution in [3.63, 3.8) is 0 Å². The molecule has 0 atom stereocenters. The van der Waals surface area contributed by atoms with E-state index in [1.807, 2.05) is 13.0 Å². The summed E-state index contributed by atoms with van der Waals surface area (Å²) >= 11 is 0. The van der Waals surface area contributed by atoms with Gasteiger partial charge in [-0.3, -0.25) is 4.31 Å². The van der Waals surface area contributed by atoms with Gasteiger partial charge in [0.1, 0.15) is 0 Å². The van der Waals surface area contributed by atoms with Gasteiger partial charge in [0, 0.05) is 0 Å². The molecule has 5 heteroatoms. The van der Waals surface area contributed by atoms with Gasteiger partial charge in [0.25, 0.3) is 0 Å². The topological polar surface area (TPSA) is 57.6 Å². The number of benzene rings is 1. The van der Waals surface area contributed by atoms with Crippen molar-refractivity contribution in [2.75, 3.05) is 23.2 Å². The number of aliphatic hydroxyl groups excluding tert-OH is 1. The average molecular weight is 243 g/mol. The van der Waals surface area contributed by atoms with Crippen molar-refractivity contribution in [2.24, 2.45) is 0 Å². The highest BCUT2D eigenvalue weighted by Gasteiger charge is 2.20. The number of sulfonamides is 1. The predicted molar refractivity (Wildman–Crippen MR) is 65.0 cm³/mol. The maximum Gasteiger partial charge on any atom is 0.235 e. The van der Waals surface area contributed by atoms with Crippen LogP contribution in [0, 0.1) is 0 Å². The van der Waals surface area contributed by atoms with Gasteiger partial charge in [-0.1, -0.05) is 25.1 Å². The minimum atomic E-state index is -3.31. The highest BCUT2D eigenvalue weighted by Crippen LogP contribution is 2.17. The Labute approximate surface area is 96.6 Å². The molecule has 0 unspecified atom stereocenters. The Kier molecular flexibility index (Phi) is 4.76. The van der Waals surface area contributed by atoms with Crippen LogP contribution < -0.4 is 4.31 Å². The van der Waals surface area contributed by atoms with E-state index in [-0.39, 0.29) is 18.9 Å². The monoisotopic (exact) mass is 243 g/mol. The number of aliphatic hydroxyl groups is 1. The molecule has 0 amide bonds. The van der Waals surface area contributed by atoms with Crippen LogP contribution in [0.25, 0.3) is 0 Å². The maximum atomic E-state index is 11.9. The first-order valence-electron chi connectivity index (χ1n) is 5.28. The normalized spacial score (nSPS) is 11.4. The van der Waals surface area contributed by atoms with Crippen molar-refractivity contribution in [2.45, 2.75) is 13.3 Å². The van der Waals surface area contributed by atoms with Crippen LogP contribution in [-0.2, 0) is 10.0 Å². The molecule has 0 saturated carbocycles. The van der Waals surface area contributed by atoms with Crippen LogP contribution in [0.15, 0.2) is 30.3 Å². The first kappa shape index (κ1) is 13.0. The minimum absolute atomic E-state index is 0.0991. The van der Waals surface area contributed by atoms with Crippen LogP contribution in [0.5, 0.6) is 0 Å². The zero-order valence-corrected chi connectivity index (χ0v) is 10.2. The first-order valence-corrected chi connectivity index (χ1v) is 6.89. The van der Waals surface area contributed by atoms with Gasteiger partial charge in [-0.15, -0.1) is 0 Å². The third-order valence-corrected chi connectivity index (χ3v) is 4.13. The summed E-state index contributed by atoms with van der Waals surface area (Å²) in [6.45, 7) is 1.74. The molecule has 4 nitrogen and oxygen atoms in total. The molecule has 0 heterocycles. The van der Waals surface area contributed by atoms with Crippen LogP contribution in [0.4, 0.5) is 5.69 Å². The fourth-order valence-electron chi connectivity index (χ4n) is 1.48. The zero-order chi connectivity index (χ0) is 12.0. The highest BCUT2D eigenvalue weighted by molar-refractivity contribution is 7.92. The number of hydrogen-bond acceptors (Lipinski definition) is 3. The van der Waals surface area contributed by atoms with Crippen LogP contribution in [0.3, 0.4) is 0 Å². The standard InChI is InChI=1S/C11H17NO3S/c1-2-10-16(14,15)12(8-9-13)11-6-4-3-5-7-11/h3-7,13H,2,8-10H2,1H3. The smallest absolute Gasteiger partial charge is 0.235 e. The van der Waals surface area contributed by atoms with Gasteiger partial charge in [-0.2, -0.15) is 0 Å². The molecule has 0 aliphatic carbocycles. The van der Waals surface area contributed by atoms with Crippen molar-refractivity contribution >= 4 is 15.7 Å². The molecule has 0 spiro atoms. The summed E-state index contributed by atoms with van der Waals surface area (Å²) in [5, 5.41) is 8.92. The maximum absolute atomic E-state index is 11.9. The van der Waals surface area contributed by atoms with Crippen LogP contribution >= 0.6 is 0 Å². The number of rotatable bonds is 6. The fourth-order valence-corrected chi connectivity index (χ4v) is 3.02. The zero-order valence-electron chi connectivity index (χ0n) is 9.33. The van der Waals surface area contributed by atoms with E-state index in [0.29, 0.717) is 12.1 Å². The first-order chi connectivity index (χ1) is 7.61. The minimum Gasteiger partial charge on any atom is -0.394 e. The van der Waals surface area contributed by atoms with E-state index in [0.717, 1.165) is 0 Å². The molecule has 1 aromatic carbocycles. The number of nitrogens with zero attached hydrogens (tertiary/aromatic N) is 1. The molecule has 0 aliphatic heterocycles. The van der Waals surface area contributed by atoms with Crippen LogP contribution in [0.1, 0.15) is 13.3 Å². The van der Waals surface area contributed by atoms with E-state index in [2.05, 4.69) is 0 Å². The van der Waals surface area contributed by atoms with Gasteiger partial charge in [0.15, 0.2) is 0 Å². The lowest BCUT2D eigenvalue weighted by atomic mass is 10.3. The predicted octanol–water partition coefficient (Wildman–Crippen LogP) is 1.23. The third kappa shape index (κ3) is 3.21. The summed E-state index contributed by atoms with van der Waals surface area (Å²) in [6, 6.07) is 8.83. The molecule has 0 aromatic heterocycles. The fraction of sp³-hybridized carbons (Fsp3) is 0.455. The second-order valence-corrected chi connectivity index (χ2v) is 5.46. The Balaban J connectivity index is 3.00. The second kappa shape index (κ2) is 5.86. The Morgan fingerprint density at radius 2 is 1.88 bits per heavy atom. The van der Waals surface area contributed by atoms with Gasteiger partial charge < -0.3 is 5.11 Å². The van der Waals surface area contributed by atoms with Crippen molar-refractivity contribution in [3.05, 3.63) is 30.3 Å². The van der Waals surface area contributed by atoms with Gasteiger partial charge in [0.2, 0.25) is 10.0 Å². The molecule has 0 bridgehead atoms. The Hall–Kier alpha value is -1.07. The summed E-state index contributed by atoms with van der Waals surface area (Å²) in [5.41, 5.74) is 0.602. The quantitative estimate of drug-likeness (QED) is 0.817. The number of anilines is 1. The summed E-state index contributed by atoms with van der Waals surface area (Å²) in [7, 11) is -3.31. The average Bonchev–Trinajstić information content (AvgIpc) is 2.27. The second-order valence-electron chi connectivity index (χ2n) is 3.45. The van der Waals surface area contributed by atoms with Gasteiger partial charge in [0.05, 0.1) is 24.6 Å². The number of para-hydroxylation sites is 1. The Bertz CT molecular complexity index is 402. The van der Waals surface area contributed by atoms with E-state index in [1.54, 1.807) is 24.3 Å². The van der Waals surface area contributed by atoms with Crippen LogP contribution in [0.2, 0.25) is 0 Å². The molecule has 1 aromatic rings. The van der Waals surface area contributed by atoms with Gasteiger partial charge >= 0.3 is 0 Å². The van der Waals surface area contributed by atoms with Gasteiger partial charge in [-0.05, 0) is 18.6 Å². The molecular weight excluding hydrogens is 226 g/mol. The SMILES string of the molecule is CCCS(=O)(=O)N(CCO)c1ccccc1. The van der Waals surface area contributed by atoms with Crippen LogP contribution in [-0.4, -0.2) is 32.4 Å². The molecule has 0 saturated heterocycles. The van der Waals surface area contributed by atoms with Crippen molar-refractivity contribution < 1.29 is 13.5 Å². The number of hydrogen-bond donors (Lipinski definition) is 1. The molecule has 90 valence electrons. The lowest BCUT2D eigenvalue weighted by Gasteiger charge is -2.23. The molecular formula is C11H17NO3S. The summed E-state index contributed by atoms with van der Waals surface area (Å²) < 4.78 is 25.1. The van der Waals surface area contributed by atoms with E-state index in [4.69, 9.17) is 5.11 Å². The molecule has 1 N–H and O–H groups in total. The summed E-state index contributed by atoms with van der Waals surface area (Å²) in [6.07, 6.45) is 0.567. The third-order valence-electron chi connectivity index (χ3n) is 2.15. The molecule has 1 rings (SSSR count). The van der Waals surface area contributed by atoms with Crippen molar-refractivity contribution in [1.29, 1.82) is 0 Å². The van der Waals surface area contributed by atoms with Crippen molar-refractivity contribution in [3.8, 4) is 0 Å². The van der Waals surface area contributed by atoms with E-state index in [9.17, 15) is 8.42 Å². The van der Waals surface area contributed by atoms with E-state index < -0.39 is 10.0 Å². The highest BCUT2D eigenvalue weighted by atomic mass is 32.2. The summed E-state index contributed by atoms with van der Waals surface area (Å²) in [4.78, 5) is 0. The molecule has 0 radical (unpaired) electrons. The molecule has 0 aliphatic rings. The van der Waals surface area contributed by atoms with Gasteiger partial charge in [-0.25, -0.2) is 8.42 Å². The lowest BCUT2D eigenvalue weighted by Crippen LogP contribution is -2.35. The van der Waals surface area contributed by atoms with E-state index >= 15 is 0 Å². The summed E-state index contributed by atoms with van der Waals surface area (Å²) in [5.74, 6) is 0.0991. The molecule has 0 fully saturated rings. The van der Waals surface area contributed by atoms with Crippen molar-refractivity contribution in [1.82, 2.24) is 0 Å².